The number of hydrogen-bond donors (Lipinski definition) is 2. The van der Waals surface area contributed by atoms with Gasteiger partial charge in [-0.3, -0.25) is 9.59 Å². The molecule has 15 heavy (non-hydrogen) atoms. The molecule has 0 unspecified atom stereocenters. The largest absolute Gasteiger partial charge is 0.481 e. The second-order valence-corrected chi connectivity index (χ2v) is 5.03. The van der Waals surface area contributed by atoms with Crippen molar-refractivity contribution in [3.05, 3.63) is 0 Å². The molecule has 0 saturated heterocycles. The van der Waals surface area contributed by atoms with Gasteiger partial charge in [0.15, 0.2) is 5.78 Å². The van der Waals surface area contributed by atoms with Crippen LogP contribution in [0, 0.1) is 0 Å². The molecule has 0 aromatic rings. The van der Waals surface area contributed by atoms with Crippen LogP contribution in [-0.4, -0.2) is 37.6 Å². The molecule has 0 aromatic carbocycles. The van der Waals surface area contributed by atoms with E-state index in [0.717, 1.165) is 6.42 Å². The van der Waals surface area contributed by atoms with Crippen LogP contribution in [-0.2, 0) is 19.6 Å². The van der Waals surface area contributed by atoms with Crippen LogP contribution in [0.2, 0.25) is 0 Å². The summed E-state index contributed by atoms with van der Waals surface area (Å²) < 4.78 is 24.4. The lowest BCUT2D eigenvalue weighted by Gasteiger charge is -2.03. The van der Waals surface area contributed by atoms with Gasteiger partial charge in [0.2, 0.25) is 10.0 Å². The van der Waals surface area contributed by atoms with E-state index >= 15 is 0 Å². The second kappa shape index (κ2) is 6.52. The highest BCUT2D eigenvalue weighted by atomic mass is 32.2. The topological polar surface area (TPSA) is 101 Å². The molecule has 6 nitrogen and oxygen atoms in total. The fourth-order valence-corrected chi connectivity index (χ4v) is 2.02. The number of aliphatic carboxylic acids is 1. The Balaban J connectivity index is 3.93. The molecule has 0 aromatic heterocycles. The van der Waals surface area contributed by atoms with Crippen LogP contribution in [0.3, 0.4) is 0 Å². The summed E-state index contributed by atoms with van der Waals surface area (Å²) in [6, 6.07) is 0. The van der Waals surface area contributed by atoms with Crippen LogP contribution in [0.15, 0.2) is 0 Å². The number of sulfonamides is 1. The lowest BCUT2D eigenvalue weighted by molar-refractivity contribution is -0.139. The van der Waals surface area contributed by atoms with Crippen LogP contribution >= 0.6 is 0 Å². The standard InChI is InChI=1S/C8H15NO5S/c1-2-3-4-15(13,14)9-6-7(10)5-8(11)12/h9H,2-6H2,1H3,(H,11,12). The normalized spacial score (nSPS) is 11.3. The predicted octanol–water partition coefficient (Wildman–Crippen LogP) is -0.250. The van der Waals surface area contributed by atoms with Crippen molar-refractivity contribution in [3.8, 4) is 0 Å². The first-order chi connectivity index (χ1) is 6.87. The number of carbonyl (C=O) groups is 2. The molecule has 0 fully saturated rings. The van der Waals surface area contributed by atoms with Gasteiger partial charge in [-0.25, -0.2) is 13.1 Å². The summed E-state index contributed by atoms with van der Waals surface area (Å²) >= 11 is 0. The van der Waals surface area contributed by atoms with Crippen LogP contribution < -0.4 is 4.72 Å². The molecule has 0 aliphatic rings. The first-order valence-electron chi connectivity index (χ1n) is 4.58. The number of rotatable bonds is 8. The van der Waals surface area contributed by atoms with E-state index in [-0.39, 0.29) is 5.75 Å². The first kappa shape index (κ1) is 14.1. The number of unbranched alkanes of at least 4 members (excludes halogenated alkanes) is 1. The van der Waals surface area contributed by atoms with Crippen molar-refractivity contribution >= 4 is 21.8 Å². The highest BCUT2D eigenvalue weighted by Gasteiger charge is 2.13. The van der Waals surface area contributed by atoms with Crippen LogP contribution in [0.1, 0.15) is 26.2 Å². The SMILES string of the molecule is CCCCS(=O)(=O)NCC(=O)CC(=O)O. The minimum absolute atomic E-state index is 0.0378. The van der Waals surface area contributed by atoms with Gasteiger partial charge in [-0.1, -0.05) is 13.3 Å². The lowest BCUT2D eigenvalue weighted by atomic mass is 10.3. The zero-order valence-corrected chi connectivity index (χ0v) is 9.34. The van der Waals surface area contributed by atoms with Gasteiger partial charge in [-0.05, 0) is 6.42 Å². The lowest BCUT2D eigenvalue weighted by Crippen LogP contribution is -2.32. The van der Waals surface area contributed by atoms with E-state index in [1.807, 2.05) is 6.92 Å². The quantitative estimate of drug-likeness (QED) is 0.567. The Morgan fingerprint density at radius 1 is 1.33 bits per heavy atom. The molecule has 7 heteroatoms. The van der Waals surface area contributed by atoms with E-state index in [2.05, 4.69) is 4.72 Å². The minimum Gasteiger partial charge on any atom is -0.481 e. The zero-order valence-electron chi connectivity index (χ0n) is 8.52. The molecule has 0 spiro atoms. The Kier molecular flexibility index (Phi) is 6.11. The molecular formula is C8H15NO5S. The summed E-state index contributed by atoms with van der Waals surface area (Å²) in [6.45, 7) is 1.41. The molecule has 0 atom stereocenters. The van der Waals surface area contributed by atoms with E-state index in [9.17, 15) is 18.0 Å². The van der Waals surface area contributed by atoms with Crippen molar-refractivity contribution in [3.63, 3.8) is 0 Å². The second-order valence-electron chi connectivity index (χ2n) is 3.10. The number of nitrogens with one attached hydrogen (secondary N) is 1. The van der Waals surface area contributed by atoms with Gasteiger partial charge in [0, 0.05) is 0 Å². The highest BCUT2D eigenvalue weighted by Crippen LogP contribution is 1.93. The maximum absolute atomic E-state index is 11.2. The van der Waals surface area contributed by atoms with Crippen LogP contribution in [0.5, 0.6) is 0 Å². The molecule has 0 aliphatic heterocycles. The van der Waals surface area contributed by atoms with Crippen molar-refractivity contribution in [2.24, 2.45) is 0 Å². The van der Waals surface area contributed by atoms with Crippen molar-refractivity contribution in [1.29, 1.82) is 0 Å². The summed E-state index contributed by atoms with van der Waals surface area (Å²) in [5, 5.41) is 8.26. The van der Waals surface area contributed by atoms with Crippen molar-refractivity contribution < 1.29 is 23.1 Å². The third-order valence-electron chi connectivity index (χ3n) is 1.60. The summed E-state index contributed by atoms with van der Waals surface area (Å²) in [5.74, 6) is -1.94. The molecule has 2 N–H and O–H groups in total. The molecule has 0 amide bonds. The Hall–Kier alpha value is -0.950. The Labute approximate surface area is 88.7 Å². The molecule has 88 valence electrons. The summed E-state index contributed by atoms with van der Waals surface area (Å²) in [6.07, 6.45) is 0.600. The average molecular weight is 237 g/mol. The van der Waals surface area contributed by atoms with Gasteiger partial charge >= 0.3 is 5.97 Å². The average Bonchev–Trinajstić information content (AvgIpc) is 2.11. The van der Waals surface area contributed by atoms with Crippen molar-refractivity contribution in [2.45, 2.75) is 26.2 Å². The molecule has 0 saturated carbocycles. The van der Waals surface area contributed by atoms with Gasteiger partial charge in [-0.2, -0.15) is 0 Å². The number of carbonyl (C=O) groups excluding carboxylic acids is 1. The van der Waals surface area contributed by atoms with E-state index in [1.165, 1.54) is 0 Å². The van der Waals surface area contributed by atoms with E-state index in [0.29, 0.717) is 6.42 Å². The summed E-state index contributed by atoms with van der Waals surface area (Å²) in [5.41, 5.74) is 0. The number of hydrogen-bond acceptors (Lipinski definition) is 4. The molecular weight excluding hydrogens is 222 g/mol. The summed E-state index contributed by atoms with van der Waals surface area (Å²) in [4.78, 5) is 21.0. The van der Waals surface area contributed by atoms with Gasteiger partial charge < -0.3 is 5.11 Å². The fourth-order valence-electron chi connectivity index (χ4n) is 0.828. The Morgan fingerprint density at radius 2 is 1.93 bits per heavy atom. The maximum Gasteiger partial charge on any atom is 0.310 e. The van der Waals surface area contributed by atoms with Crippen molar-refractivity contribution in [1.82, 2.24) is 4.72 Å². The van der Waals surface area contributed by atoms with Gasteiger partial charge in [0.1, 0.15) is 6.42 Å². The Morgan fingerprint density at radius 3 is 2.40 bits per heavy atom. The third kappa shape index (κ3) is 8.07. The first-order valence-corrected chi connectivity index (χ1v) is 6.23. The predicted molar refractivity (Wildman–Crippen MR) is 54.0 cm³/mol. The van der Waals surface area contributed by atoms with Crippen LogP contribution in [0.25, 0.3) is 0 Å². The van der Waals surface area contributed by atoms with Crippen molar-refractivity contribution in [2.75, 3.05) is 12.3 Å². The molecule has 0 rings (SSSR count). The summed E-state index contributed by atoms with van der Waals surface area (Å²) in [7, 11) is -3.44. The van der Waals surface area contributed by atoms with Gasteiger partial charge in [0.05, 0.1) is 12.3 Å². The number of ketones is 1. The van der Waals surface area contributed by atoms with E-state index in [4.69, 9.17) is 5.11 Å². The van der Waals surface area contributed by atoms with E-state index < -0.39 is 34.7 Å². The fraction of sp³-hybridized carbons (Fsp3) is 0.750. The number of Topliss-reactive ketones (excluding diaryl/α,β-unsaturated/α-hetero) is 1. The van der Waals surface area contributed by atoms with Crippen LogP contribution in [0.4, 0.5) is 0 Å². The minimum atomic E-state index is -3.44. The smallest absolute Gasteiger partial charge is 0.310 e. The highest BCUT2D eigenvalue weighted by molar-refractivity contribution is 7.89. The molecule has 0 heterocycles. The van der Waals surface area contributed by atoms with Gasteiger partial charge in [-0.15, -0.1) is 0 Å². The zero-order chi connectivity index (χ0) is 11.9. The Bertz CT molecular complexity index is 322. The van der Waals surface area contributed by atoms with Gasteiger partial charge in [0.25, 0.3) is 0 Å². The number of carboxylic acid groups (broad SMARTS) is 1. The maximum atomic E-state index is 11.2. The molecule has 0 bridgehead atoms. The third-order valence-corrected chi connectivity index (χ3v) is 3.01. The molecule has 0 radical (unpaired) electrons. The number of carboxylic acids is 1. The van der Waals surface area contributed by atoms with E-state index in [1.54, 1.807) is 0 Å². The monoisotopic (exact) mass is 237 g/mol. The molecule has 0 aliphatic carbocycles.